The molecule has 0 bridgehead atoms. The van der Waals surface area contributed by atoms with E-state index in [0.29, 0.717) is 13.1 Å². The number of aromatic nitrogens is 6. The average molecular weight is 841 g/mol. The molecule has 0 spiro atoms. The van der Waals surface area contributed by atoms with Gasteiger partial charge in [-0.1, -0.05) is 39.8 Å². The highest BCUT2D eigenvalue weighted by Gasteiger charge is 2.39. The number of carbonyl (C=O) groups excluding carboxylic acids is 4. The highest BCUT2D eigenvalue weighted by atomic mass is 16.5. The van der Waals surface area contributed by atoms with E-state index in [4.69, 9.17) is 19.4 Å². The predicted octanol–water partition coefficient (Wildman–Crippen LogP) is 7.82. The molecule has 7 aromatic rings. The number of methoxy groups -OCH3 is 2. The van der Waals surface area contributed by atoms with Crippen LogP contribution in [0.15, 0.2) is 60.7 Å². The smallest absolute Gasteiger partial charge is 0.407 e. The zero-order chi connectivity index (χ0) is 43.4. The summed E-state index contributed by atoms with van der Waals surface area (Å²) in [4.78, 5) is 79.1. The quantitative estimate of drug-likeness (QED) is 0.0799. The first kappa shape index (κ1) is 40.6. The number of hydrogen-bond acceptors (Lipinski definition) is 8. The topological polar surface area (TPSA) is 206 Å². The third kappa shape index (κ3) is 7.47. The van der Waals surface area contributed by atoms with Crippen LogP contribution in [0, 0.1) is 11.8 Å². The summed E-state index contributed by atoms with van der Waals surface area (Å²) in [6.45, 7) is 8.80. The number of nitrogens with one attached hydrogen (secondary N) is 6. The molecule has 6 heterocycles. The van der Waals surface area contributed by atoms with Gasteiger partial charge in [-0.25, -0.2) is 19.6 Å². The predicted molar refractivity (Wildman–Crippen MR) is 236 cm³/mol. The number of imidazole rings is 2. The Morgan fingerprint density at radius 3 is 1.40 bits per heavy atom. The Kier molecular flexibility index (Phi) is 10.6. The Morgan fingerprint density at radius 2 is 1.02 bits per heavy atom. The summed E-state index contributed by atoms with van der Waals surface area (Å²) in [5, 5.41) is 7.56. The zero-order valence-corrected chi connectivity index (χ0v) is 35.7. The molecule has 0 radical (unpaired) electrons. The summed E-state index contributed by atoms with van der Waals surface area (Å²) < 4.78 is 9.57. The minimum absolute atomic E-state index is 0.112. The lowest BCUT2D eigenvalue weighted by Gasteiger charge is -2.29. The Labute approximate surface area is 357 Å². The number of alkyl carbamates (subject to hydrolysis) is 2. The molecule has 62 heavy (non-hydrogen) atoms. The van der Waals surface area contributed by atoms with Gasteiger partial charge in [-0.05, 0) is 86.1 Å². The van der Waals surface area contributed by atoms with Crippen LogP contribution in [0.25, 0.3) is 66.4 Å². The van der Waals surface area contributed by atoms with Crippen LogP contribution < -0.4 is 10.6 Å². The second-order valence-corrected chi connectivity index (χ2v) is 17.2. The molecule has 16 heteroatoms. The van der Waals surface area contributed by atoms with Crippen LogP contribution in [0.3, 0.4) is 0 Å². The normalized spacial score (nSPS) is 17.8. The number of rotatable bonds is 10. The van der Waals surface area contributed by atoms with Gasteiger partial charge in [0.1, 0.15) is 23.7 Å². The van der Waals surface area contributed by atoms with Gasteiger partial charge < -0.3 is 49.8 Å². The molecule has 322 valence electrons. The minimum Gasteiger partial charge on any atom is -0.453 e. The molecule has 3 aromatic carbocycles. The van der Waals surface area contributed by atoms with Crippen molar-refractivity contribution in [2.24, 2.45) is 11.8 Å². The molecule has 2 fully saturated rings. The van der Waals surface area contributed by atoms with E-state index in [1.54, 1.807) is 0 Å². The number of nitrogens with zero attached hydrogens (tertiary/aromatic N) is 4. The third-order valence-electron chi connectivity index (χ3n) is 12.5. The Hall–Kier alpha value is -6.84. The summed E-state index contributed by atoms with van der Waals surface area (Å²) >= 11 is 0. The number of ether oxygens (including phenoxy) is 2. The molecular formula is C46H52N10O6. The molecule has 4 amide bonds. The molecule has 4 aromatic heterocycles. The van der Waals surface area contributed by atoms with Crippen molar-refractivity contribution in [1.82, 2.24) is 50.3 Å². The number of aromatic amines is 4. The molecular weight excluding hydrogens is 789 g/mol. The van der Waals surface area contributed by atoms with Crippen molar-refractivity contribution in [1.29, 1.82) is 0 Å². The number of hydrogen-bond donors (Lipinski definition) is 6. The Balaban J connectivity index is 0.929. The largest absolute Gasteiger partial charge is 0.453 e. The van der Waals surface area contributed by atoms with E-state index in [9.17, 15) is 19.2 Å². The molecule has 2 saturated heterocycles. The lowest BCUT2D eigenvalue weighted by molar-refractivity contribution is -0.136. The zero-order valence-electron chi connectivity index (χ0n) is 35.7. The first-order chi connectivity index (χ1) is 29.9. The molecule has 4 atom stereocenters. The van der Waals surface area contributed by atoms with Gasteiger partial charge >= 0.3 is 12.2 Å². The molecule has 0 saturated carbocycles. The molecule has 4 unspecified atom stereocenters. The maximum Gasteiger partial charge on any atom is 0.407 e. The SMILES string of the molecule is COC(=O)NC(C(=O)N1CCCC1c1nc2ccc(-c3cc4cc5[nH]c(-c6ccc7nc(C8CCCN8C(=O)C(NC(=O)OC)C(C)C)[nH]c7c6)cc5cc4[nH]3)cc2[nH]1)C(C)C. The maximum atomic E-state index is 13.7. The molecule has 2 aliphatic rings. The monoisotopic (exact) mass is 840 g/mol. The van der Waals surface area contributed by atoms with E-state index < -0.39 is 24.3 Å². The second kappa shape index (κ2) is 16.2. The van der Waals surface area contributed by atoms with Crippen LogP contribution in [-0.4, -0.2) is 103 Å². The fourth-order valence-corrected chi connectivity index (χ4v) is 9.17. The van der Waals surface area contributed by atoms with Crippen molar-refractivity contribution < 1.29 is 28.7 Å². The second-order valence-electron chi connectivity index (χ2n) is 17.2. The van der Waals surface area contributed by atoms with E-state index in [1.165, 1.54) is 14.2 Å². The number of H-pyrrole nitrogens is 4. The summed E-state index contributed by atoms with van der Waals surface area (Å²) in [6.07, 6.45) is 1.99. The van der Waals surface area contributed by atoms with Crippen molar-refractivity contribution >= 4 is 67.9 Å². The van der Waals surface area contributed by atoms with Crippen molar-refractivity contribution in [2.45, 2.75) is 77.5 Å². The molecule has 0 aliphatic carbocycles. The lowest BCUT2D eigenvalue weighted by Crippen LogP contribution is -2.51. The number of likely N-dealkylation sites (tertiary alicyclic amines) is 2. The first-order valence-electron chi connectivity index (χ1n) is 21.3. The van der Waals surface area contributed by atoms with E-state index >= 15 is 0 Å². The minimum atomic E-state index is -0.696. The summed E-state index contributed by atoms with van der Waals surface area (Å²) in [5.74, 6) is 0.961. The number of benzene rings is 3. The summed E-state index contributed by atoms with van der Waals surface area (Å²) in [5.41, 5.74) is 9.36. The summed E-state index contributed by atoms with van der Waals surface area (Å²) in [7, 11) is 2.59. The molecule has 9 rings (SSSR count). The van der Waals surface area contributed by atoms with Crippen molar-refractivity contribution in [2.75, 3.05) is 27.3 Å². The maximum absolute atomic E-state index is 13.7. The standard InChI is InChI=1S/C46H52N10O6/c1-23(2)39(53-45(59)61-5)43(57)55-15-7-9-37(55)41-49-29-13-11-25(17-35(29)51-41)31-19-27-21-34-28(22-33(27)47-31)20-32(48-34)26-12-14-30-36(18-26)52-42(50-30)38-10-8-16-56(38)44(58)40(24(3)4)54-46(60)62-6/h11-14,17-24,37-40,47-48H,7-10,15-16H2,1-6H3,(H,49,51)(H,50,52)(H,53,59)(H,54,60). The van der Waals surface area contributed by atoms with Gasteiger partial charge in [0.15, 0.2) is 0 Å². The van der Waals surface area contributed by atoms with Gasteiger partial charge in [-0.2, -0.15) is 0 Å². The van der Waals surface area contributed by atoms with Crippen LogP contribution in [0.2, 0.25) is 0 Å². The van der Waals surface area contributed by atoms with Crippen LogP contribution >= 0.6 is 0 Å². The number of fused-ring (bicyclic) bond motifs is 4. The van der Waals surface area contributed by atoms with Gasteiger partial charge in [0.25, 0.3) is 0 Å². The van der Waals surface area contributed by atoms with Crippen LogP contribution in [0.4, 0.5) is 9.59 Å². The van der Waals surface area contributed by atoms with E-state index in [1.807, 2.05) is 49.6 Å². The van der Waals surface area contributed by atoms with Crippen molar-refractivity contribution in [3.63, 3.8) is 0 Å². The first-order valence-corrected chi connectivity index (χ1v) is 21.3. The fourth-order valence-electron chi connectivity index (χ4n) is 9.17. The van der Waals surface area contributed by atoms with Gasteiger partial charge in [0.05, 0.1) is 48.4 Å². The average Bonchev–Trinajstić information content (AvgIpc) is 4.12. The molecule has 16 nitrogen and oxygen atoms in total. The molecule has 6 N–H and O–H groups in total. The lowest BCUT2D eigenvalue weighted by atomic mass is 10.0. The van der Waals surface area contributed by atoms with Gasteiger partial charge in [-0.15, -0.1) is 0 Å². The van der Waals surface area contributed by atoms with E-state index in [-0.39, 0.29) is 35.7 Å². The highest BCUT2D eigenvalue weighted by molar-refractivity contribution is 6.00. The van der Waals surface area contributed by atoms with E-state index in [2.05, 4.69) is 79.1 Å². The van der Waals surface area contributed by atoms with Gasteiger partial charge in [0.2, 0.25) is 11.8 Å². The highest BCUT2D eigenvalue weighted by Crippen LogP contribution is 2.37. The Morgan fingerprint density at radius 1 is 0.597 bits per heavy atom. The summed E-state index contributed by atoms with van der Waals surface area (Å²) in [6, 6.07) is 19.1. The third-order valence-corrected chi connectivity index (χ3v) is 12.5. The Bertz CT molecular complexity index is 2610. The number of amides is 4. The molecule has 2 aliphatic heterocycles. The fraction of sp³-hybridized carbons (Fsp3) is 0.391. The van der Waals surface area contributed by atoms with Crippen LogP contribution in [0.1, 0.15) is 77.1 Å². The van der Waals surface area contributed by atoms with Crippen LogP contribution in [0.5, 0.6) is 0 Å². The van der Waals surface area contributed by atoms with Crippen LogP contribution in [-0.2, 0) is 19.1 Å². The van der Waals surface area contributed by atoms with Crippen molar-refractivity contribution in [3.8, 4) is 22.5 Å². The van der Waals surface area contributed by atoms with Gasteiger partial charge in [0, 0.05) is 57.4 Å². The van der Waals surface area contributed by atoms with Gasteiger partial charge in [-0.3, -0.25) is 9.59 Å². The number of carbonyl (C=O) groups is 4. The van der Waals surface area contributed by atoms with Crippen molar-refractivity contribution in [3.05, 3.63) is 72.3 Å². The van der Waals surface area contributed by atoms with E-state index in [0.717, 1.165) is 104 Å².